The number of carbonyl (C=O) groups excluding carboxylic acids is 3. The van der Waals surface area contributed by atoms with Gasteiger partial charge in [0.25, 0.3) is 5.91 Å². The topological polar surface area (TPSA) is 132 Å². The maximum absolute atomic E-state index is 12.0. The predicted octanol–water partition coefficient (Wildman–Crippen LogP) is 0.294. The Labute approximate surface area is 138 Å². The molecule has 24 heavy (non-hydrogen) atoms. The first-order valence-electron chi connectivity index (χ1n) is 6.87. The number of nitrogens with zero attached hydrogens (tertiary/aromatic N) is 1. The molecule has 0 radical (unpaired) electrons. The molecule has 0 saturated heterocycles. The van der Waals surface area contributed by atoms with Gasteiger partial charge in [-0.2, -0.15) is 5.26 Å². The molecule has 3 N–H and O–H groups in total. The zero-order valence-corrected chi connectivity index (χ0v) is 13.3. The third kappa shape index (κ3) is 5.14. The molecule has 0 aromatic heterocycles. The third-order valence-electron chi connectivity index (χ3n) is 2.89. The van der Waals surface area contributed by atoms with Crippen molar-refractivity contribution in [3.63, 3.8) is 0 Å². The SMILES string of the molecule is COc1ccccc1C(=O)NCC(=O)OCC(=O)/C(C#N)=C(\C)N. The van der Waals surface area contributed by atoms with Crippen LogP contribution in [-0.4, -0.2) is 37.9 Å². The molecule has 126 valence electrons. The monoisotopic (exact) mass is 331 g/mol. The van der Waals surface area contributed by atoms with Crippen LogP contribution in [0.4, 0.5) is 0 Å². The third-order valence-corrected chi connectivity index (χ3v) is 2.89. The van der Waals surface area contributed by atoms with Crippen molar-refractivity contribution in [2.24, 2.45) is 5.73 Å². The fourth-order valence-corrected chi connectivity index (χ4v) is 1.72. The molecule has 0 aliphatic carbocycles. The second-order valence-electron chi connectivity index (χ2n) is 4.64. The van der Waals surface area contributed by atoms with Gasteiger partial charge in [0.05, 0.1) is 12.7 Å². The van der Waals surface area contributed by atoms with Crippen LogP contribution in [0.5, 0.6) is 5.75 Å². The molecule has 0 unspecified atom stereocenters. The van der Waals surface area contributed by atoms with Crippen molar-refractivity contribution in [3.05, 3.63) is 41.1 Å². The molecular weight excluding hydrogens is 314 g/mol. The molecule has 1 aromatic rings. The zero-order valence-electron chi connectivity index (χ0n) is 13.3. The van der Waals surface area contributed by atoms with E-state index in [0.29, 0.717) is 5.75 Å². The summed E-state index contributed by atoms with van der Waals surface area (Å²) in [5.41, 5.74) is 5.41. The van der Waals surface area contributed by atoms with Gasteiger partial charge in [0.15, 0.2) is 6.61 Å². The van der Waals surface area contributed by atoms with Crippen LogP contribution in [0.25, 0.3) is 0 Å². The molecule has 8 heteroatoms. The Kier molecular flexibility index (Phi) is 6.97. The van der Waals surface area contributed by atoms with Gasteiger partial charge in [0.2, 0.25) is 5.78 Å². The molecule has 0 aliphatic heterocycles. The lowest BCUT2D eigenvalue weighted by Crippen LogP contribution is -2.32. The van der Waals surface area contributed by atoms with E-state index in [4.69, 9.17) is 20.5 Å². The number of allylic oxidation sites excluding steroid dienone is 1. The highest BCUT2D eigenvalue weighted by Gasteiger charge is 2.16. The van der Waals surface area contributed by atoms with Gasteiger partial charge in [-0.3, -0.25) is 14.4 Å². The molecule has 8 nitrogen and oxygen atoms in total. The fraction of sp³-hybridized carbons (Fsp3) is 0.250. The second-order valence-corrected chi connectivity index (χ2v) is 4.64. The number of nitrogens with two attached hydrogens (primary N) is 1. The van der Waals surface area contributed by atoms with Crippen LogP contribution in [0.2, 0.25) is 0 Å². The predicted molar refractivity (Wildman–Crippen MR) is 83.8 cm³/mol. The highest BCUT2D eigenvalue weighted by molar-refractivity contribution is 6.01. The lowest BCUT2D eigenvalue weighted by atomic mass is 10.1. The highest BCUT2D eigenvalue weighted by atomic mass is 16.5. The minimum Gasteiger partial charge on any atom is -0.496 e. The van der Waals surface area contributed by atoms with E-state index in [1.165, 1.54) is 20.1 Å². The van der Waals surface area contributed by atoms with E-state index in [1.807, 2.05) is 0 Å². The first-order chi connectivity index (χ1) is 11.4. The quantitative estimate of drug-likeness (QED) is 0.417. The summed E-state index contributed by atoms with van der Waals surface area (Å²) in [4.78, 5) is 35.2. The number of benzene rings is 1. The minimum absolute atomic E-state index is 0.0445. The van der Waals surface area contributed by atoms with E-state index < -0.39 is 30.8 Å². The summed E-state index contributed by atoms with van der Waals surface area (Å²) < 4.78 is 9.75. The number of Topliss-reactive ketones (excluding diaryl/α,β-unsaturated/α-hetero) is 1. The number of amides is 1. The standard InChI is InChI=1S/C16H17N3O5/c1-10(18)12(7-17)13(20)9-24-15(21)8-19-16(22)11-5-3-4-6-14(11)23-2/h3-6H,8-9,18H2,1-2H3,(H,19,22)/b12-10+. The van der Waals surface area contributed by atoms with Crippen molar-refractivity contribution in [3.8, 4) is 11.8 Å². The first kappa shape index (κ1) is 18.7. The summed E-state index contributed by atoms with van der Waals surface area (Å²) in [6.07, 6.45) is 0. The van der Waals surface area contributed by atoms with Crippen molar-refractivity contribution in [1.29, 1.82) is 5.26 Å². The molecule has 0 bridgehead atoms. The van der Waals surface area contributed by atoms with Crippen LogP contribution in [0.3, 0.4) is 0 Å². The number of rotatable bonds is 7. The zero-order chi connectivity index (χ0) is 18.1. The molecular formula is C16H17N3O5. The Morgan fingerprint density at radius 2 is 1.96 bits per heavy atom. The van der Waals surface area contributed by atoms with Gasteiger partial charge in [0.1, 0.15) is 23.9 Å². The molecule has 1 rings (SSSR count). The van der Waals surface area contributed by atoms with Crippen LogP contribution in [0, 0.1) is 11.3 Å². The number of nitriles is 1. The lowest BCUT2D eigenvalue weighted by molar-refractivity contribution is -0.145. The summed E-state index contributed by atoms with van der Waals surface area (Å²) in [5.74, 6) is -1.69. The van der Waals surface area contributed by atoms with Crippen LogP contribution < -0.4 is 15.8 Å². The van der Waals surface area contributed by atoms with E-state index in [1.54, 1.807) is 24.3 Å². The number of esters is 1. The van der Waals surface area contributed by atoms with Gasteiger partial charge < -0.3 is 20.5 Å². The second kappa shape index (κ2) is 8.95. The van der Waals surface area contributed by atoms with Gasteiger partial charge >= 0.3 is 5.97 Å². The molecule has 0 heterocycles. The van der Waals surface area contributed by atoms with Crippen molar-refractivity contribution < 1.29 is 23.9 Å². The van der Waals surface area contributed by atoms with Crippen LogP contribution >= 0.6 is 0 Å². The Morgan fingerprint density at radius 1 is 1.29 bits per heavy atom. The molecule has 0 spiro atoms. The fourth-order valence-electron chi connectivity index (χ4n) is 1.72. The number of para-hydroxylation sites is 1. The van der Waals surface area contributed by atoms with E-state index in [2.05, 4.69) is 5.32 Å². The summed E-state index contributed by atoms with van der Waals surface area (Å²) in [7, 11) is 1.42. The van der Waals surface area contributed by atoms with Crippen molar-refractivity contribution >= 4 is 17.7 Å². The highest BCUT2D eigenvalue weighted by Crippen LogP contribution is 2.16. The molecule has 1 amide bonds. The van der Waals surface area contributed by atoms with Crippen LogP contribution in [-0.2, 0) is 14.3 Å². The van der Waals surface area contributed by atoms with Gasteiger partial charge in [0, 0.05) is 5.70 Å². The van der Waals surface area contributed by atoms with Crippen molar-refractivity contribution in [2.75, 3.05) is 20.3 Å². The number of nitrogens with one attached hydrogen (secondary N) is 1. The van der Waals surface area contributed by atoms with Gasteiger partial charge in [-0.1, -0.05) is 12.1 Å². The summed E-state index contributed by atoms with van der Waals surface area (Å²) >= 11 is 0. The lowest BCUT2D eigenvalue weighted by Gasteiger charge is -2.09. The summed E-state index contributed by atoms with van der Waals surface area (Å²) in [6, 6.07) is 8.14. The van der Waals surface area contributed by atoms with Crippen molar-refractivity contribution in [1.82, 2.24) is 5.32 Å². The van der Waals surface area contributed by atoms with Gasteiger partial charge in [-0.25, -0.2) is 0 Å². The van der Waals surface area contributed by atoms with Crippen molar-refractivity contribution in [2.45, 2.75) is 6.92 Å². The minimum atomic E-state index is -0.821. The summed E-state index contributed by atoms with van der Waals surface area (Å²) in [6.45, 7) is 0.337. The number of ether oxygens (including phenoxy) is 2. The van der Waals surface area contributed by atoms with Crippen LogP contribution in [0.15, 0.2) is 35.5 Å². The number of methoxy groups -OCH3 is 1. The van der Waals surface area contributed by atoms with E-state index in [0.717, 1.165) is 0 Å². The normalized spacial score (nSPS) is 10.9. The Morgan fingerprint density at radius 3 is 2.54 bits per heavy atom. The number of carbonyl (C=O) groups is 3. The average Bonchev–Trinajstić information content (AvgIpc) is 2.57. The first-order valence-corrected chi connectivity index (χ1v) is 6.87. The van der Waals surface area contributed by atoms with Gasteiger partial charge in [-0.15, -0.1) is 0 Å². The maximum atomic E-state index is 12.0. The molecule has 0 saturated carbocycles. The largest absolute Gasteiger partial charge is 0.496 e. The smallest absolute Gasteiger partial charge is 0.325 e. The molecule has 1 aromatic carbocycles. The maximum Gasteiger partial charge on any atom is 0.325 e. The number of hydrogen-bond acceptors (Lipinski definition) is 7. The summed E-state index contributed by atoms with van der Waals surface area (Å²) in [5, 5.41) is 11.1. The molecule has 0 aliphatic rings. The molecule has 0 atom stereocenters. The number of ketones is 1. The number of hydrogen-bond donors (Lipinski definition) is 2. The van der Waals surface area contributed by atoms with E-state index >= 15 is 0 Å². The van der Waals surface area contributed by atoms with Crippen LogP contribution in [0.1, 0.15) is 17.3 Å². The van der Waals surface area contributed by atoms with Gasteiger partial charge in [-0.05, 0) is 19.1 Å². The molecule has 0 fully saturated rings. The average molecular weight is 331 g/mol. The van der Waals surface area contributed by atoms with E-state index in [-0.39, 0.29) is 16.8 Å². The Balaban J connectivity index is 2.53. The Bertz CT molecular complexity index is 715. The van der Waals surface area contributed by atoms with E-state index in [9.17, 15) is 14.4 Å². The Hall–Kier alpha value is -3.34.